The van der Waals surface area contributed by atoms with E-state index in [0.717, 1.165) is 0 Å². The molecule has 0 bridgehead atoms. The van der Waals surface area contributed by atoms with Gasteiger partial charge < -0.3 is 15.0 Å². The summed E-state index contributed by atoms with van der Waals surface area (Å²) in [5.74, 6) is 0.173. The summed E-state index contributed by atoms with van der Waals surface area (Å²) in [5, 5.41) is 3.38. The van der Waals surface area contributed by atoms with Crippen LogP contribution in [0.5, 0.6) is 5.88 Å². The summed E-state index contributed by atoms with van der Waals surface area (Å²) in [7, 11) is 1.75. The predicted molar refractivity (Wildman–Crippen MR) is 56.8 cm³/mol. The topological polar surface area (TPSA) is 49.9 Å². The first kappa shape index (κ1) is 9.76. The fourth-order valence-electron chi connectivity index (χ4n) is 1.42. The number of fused-ring (bicyclic) bond motifs is 1. The highest BCUT2D eigenvalue weighted by Crippen LogP contribution is 2.27. The van der Waals surface area contributed by atoms with E-state index in [1.165, 1.54) is 6.20 Å². The third-order valence-corrected chi connectivity index (χ3v) is 2.13. The average Bonchev–Trinajstić information content (AvgIpc) is 2.59. The van der Waals surface area contributed by atoms with Crippen LogP contribution < -0.4 is 10.1 Å². The van der Waals surface area contributed by atoms with Gasteiger partial charge in [0.2, 0.25) is 5.88 Å². The summed E-state index contributed by atoms with van der Waals surface area (Å²) in [5.41, 5.74) is 1.18. The fraction of sp³-hybridized carbons (Fsp3) is 0.300. The van der Waals surface area contributed by atoms with Crippen molar-refractivity contribution in [1.82, 2.24) is 9.97 Å². The number of hydrogen-bond acceptors (Lipinski definition) is 3. The van der Waals surface area contributed by atoms with Crippen LogP contribution in [0.1, 0.15) is 6.92 Å². The van der Waals surface area contributed by atoms with Crippen molar-refractivity contribution in [3.8, 4) is 5.88 Å². The number of ether oxygens (including phenoxy) is 1. The first-order chi connectivity index (χ1) is 7.26. The quantitative estimate of drug-likeness (QED) is 0.814. The van der Waals surface area contributed by atoms with Crippen molar-refractivity contribution >= 4 is 16.7 Å². The van der Waals surface area contributed by atoms with Crippen molar-refractivity contribution in [2.24, 2.45) is 0 Å². The molecule has 0 atom stereocenters. The van der Waals surface area contributed by atoms with Gasteiger partial charge in [-0.2, -0.15) is 4.98 Å². The van der Waals surface area contributed by atoms with Gasteiger partial charge in [0.25, 0.3) is 0 Å². The number of halogens is 1. The number of pyridine rings is 1. The molecule has 15 heavy (non-hydrogen) atoms. The Morgan fingerprint density at radius 2 is 2.40 bits per heavy atom. The molecule has 0 aliphatic carbocycles. The number of aromatic amines is 1. The van der Waals surface area contributed by atoms with Gasteiger partial charge in [-0.05, 0) is 13.0 Å². The van der Waals surface area contributed by atoms with Crippen molar-refractivity contribution in [2.75, 3.05) is 19.0 Å². The zero-order valence-electron chi connectivity index (χ0n) is 8.60. The van der Waals surface area contributed by atoms with E-state index in [1.807, 2.05) is 6.92 Å². The number of nitrogens with zero attached hydrogens (tertiary/aromatic N) is 1. The first-order valence-electron chi connectivity index (χ1n) is 4.74. The van der Waals surface area contributed by atoms with E-state index in [1.54, 1.807) is 13.1 Å². The van der Waals surface area contributed by atoms with Gasteiger partial charge in [-0.25, -0.2) is 4.39 Å². The highest BCUT2D eigenvalue weighted by Gasteiger charge is 2.10. The van der Waals surface area contributed by atoms with Crippen LogP contribution in [0.4, 0.5) is 10.1 Å². The van der Waals surface area contributed by atoms with Gasteiger partial charge in [0, 0.05) is 13.2 Å². The molecule has 0 aromatic carbocycles. The zero-order chi connectivity index (χ0) is 10.8. The molecular weight excluding hydrogens is 197 g/mol. The lowest BCUT2D eigenvalue weighted by Crippen LogP contribution is -2.00. The summed E-state index contributed by atoms with van der Waals surface area (Å²) in [6.45, 7) is 2.40. The van der Waals surface area contributed by atoms with Gasteiger partial charge in [0.15, 0.2) is 0 Å². The maximum absolute atomic E-state index is 13.2. The molecular formula is C10H12FN3O. The van der Waals surface area contributed by atoms with Gasteiger partial charge >= 0.3 is 0 Å². The normalized spacial score (nSPS) is 10.6. The van der Waals surface area contributed by atoms with Crippen molar-refractivity contribution in [2.45, 2.75) is 6.92 Å². The van der Waals surface area contributed by atoms with Crippen LogP contribution in [0, 0.1) is 5.82 Å². The zero-order valence-corrected chi connectivity index (χ0v) is 8.60. The molecule has 0 saturated heterocycles. The predicted octanol–water partition coefficient (Wildman–Crippen LogP) is 2.14. The highest BCUT2D eigenvalue weighted by atomic mass is 19.1. The maximum Gasteiger partial charge on any atom is 0.239 e. The van der Waals surface area contributed by atoms with Gasteiger partial charge in [-0.1, -0.05) is 0 Å². The van der Waals surface area contributed by atoms with Crippen LogP contribution >= 0.6 is 0 Å². The molecule has 0 spiro atoms. The van der Waals surface area contributed by atoms with E-state index < -0.39 is 0 Å². The Hall–Kier alpha value is -1.78. The van der Waals surface area contributed by atoms with Gasteiger partial charge in [0.1, 0.15) is 11.5 Å². The lowest BCUT2D eigenvalue weighted by atomic mass is 10.3. The number of aromatic nitrogens is 2. The number of anilines is 1. The lowest BCUT2D eigenvalue weighted by molar-refractivity contribution is 0.329. The molecule has 80 valence electrons. The van der Waals surface area contributed by atoms with E-state index in [4.69, 9.17) is 4.74 Å². The molecule has 2 rings (SSSR count). The Morgan fingerprint density at radius 1 is 1.60 bits per heavy atom. The Morgan fingerprint density at radius 3 is 3.07 bits per heavy atom. The minimum atomic E-state index is -0.308. The van der Waals surface area contributed by atoms with Crippen molar-refractivity contribution in [3.05, 3.63) is 18.1 Å². The molecule has 5 heteroatoms. The molecule has 0 radical (unpaired) electrons. The summed E-state index contributed by atoms with van der Waals surface area (Å²) < 4.78 is 18.6. The van der Waals surface area contributed by atoms with E-state index in [0.29, 0.717) is 29.2 Å². The average molecular weight is 209 g/mol. The minimum Gasteiger partial charge on any atom is -0.476 e. The van der Waals surface area contributed by atoms with Crippen LogP contribution in [0.25, 0.3) is 11.0 Å². The molecule has 0 aliphatic heterocycles. The molecule has 4 nitrogen and oxygen atoms in total. The van der Waals surface area contributed by atoms with E-state index in [9.17, 15) is 4.39 Å². The van der Waals surface area contributed by atoms with Crippen LogP contribution in [0.2, 0.25) is 0 Å². The third-order valence-electron chi connectivity index (χ3n) is 2.13. The Bertz CT molecular complexity index is 481. The van der Waals surface area contributed by atoms with Gasteiger partial charge in [-0.3, -0.25) is 0 Å². The van der Waals surface area contributed by atoms with Crippen LogP contribution in [0.3, 0.4) is 0 Å². The molecule has 0 fully saturated rings. The molecule has 2 N–H and O–H groups in total. The summed E-state index contributed by atoms with van der Waals surface area (Å²) in [6, 6.07) is 1.68. The maximum atomic E-state index is 13.2. The van der Waals surface area contributed by atoms with Gasteiger partial charge in [-0.15, -0.1) is 0 Å². The SMILES string of the molecule is CCOc1nc2[nH]cc(F)c2cc1NC. The van der Waals surface area contributed by atoms with Crippen LogP contribution in [-0.2, 0) is 0 Å². The third kappa shape index (κ3) is 1.60. The van der Waals surface area contributed by atoms with Crippen molar-refractivity contribution < 1.29 is 9.13 Å². The number of hydrogen-bond donors (Lipinski definition) is 2. The first-order valence-corrected chi connectivity index (χ1v) is 4.74. The van der Waals surface area contributed by atoms with Crippen LogP contribution in [-0.4, -0.2) is 23.6 Å². The molecule has 0 saturated carbocycles. The molecule has 0 unspecified atom stereocenters. The second-order valence-corrected chi connectivity index (χ2v) is 3.06. The second-order valence-electron chi connectivity index (χ2n) is 3.06. The molecule has 0 amide bonds. The number of rotatable bonds is 3. The van der Waals surface area contributed by atoms with Gasteiger partial charge in [0.05, 0.1) is 17.7 Å². The van der Waals surface area contributed by atoms with E-state index >= 15 is 0 Å². The van der Waals surface area contributed by atoms with Crippen molar-refractivity contribution in [1.29, 1.82) is 0 Å². The Kier molecular flexibility index (Phi) is 2.45. The Balaban J connectivity index is 2.60. The summed E-state index contributed by atoms with van der Waals surface area (Å²) in [6.07, 6.45) is 1.28. The van der Waals surface area contributed by atoms with Crippen molar-refractivity contribution in [3.63, 3.8) is 0 Å². The molecule has 2 heterocycles. The molecule has 2 aromatic heterocycles. The van der Waals surface area contributed by atoms with E-state index in [2.05, 4.69) is 15.3 Å². The number of nitrogens with one attached hydrogen (secondary N) is 2. The highest BCUT2D eigenvalue weighted by molar-refractivity contribution is 5.82. The van der Waals surface area contributed by atoms with E-state index in [-0.39, 0.29) is 5.82 Å². The standard InChI is InChI=1S/C10H12FN3O/c1-3-15-10-8(12-2)4-6-7(11)5-13-9(6)14-10/h4-5,12H,3H2,1-2H3,(H,13,14). The molecule has 0 aliphatic rings. The summed E-state index contributed by atoms with van der Waals surface area (Å²) in [4.78, 5) is 6.92. The van der Waals surface area contributed by atoms with Crippen LogP contribution in [0.15, 0.2) is 12.3 Å². The smallest absolute Gasteiger partial charge is 0.239 e. The fourth-order valence-corrected chi connectivity index (χ4v) is 1.42. The summed E-state index contributed by atoms with van der Waals surface area (Å²) >= 11 is 0. The monoisotopic (exact) mass is 209 g/mol. The minimum absolute atomic E-state index is 0.308. The largest absolute Gasteiger partial charge is 0.476 e. The lowest BCUT2D eigenvalue weighted by Gasteiger charge is -2.08. The number of H-pyrrole nitrogens is 1. The molecule has 2 aromatic rings. The Labute approximate surface area is 86.5 Å². The second kappa shape index (κ2) is 3.76.